The average Bonchev–Trinajstić information content (AvgIpc) is 3.08. The lowest BCUT2D eigenvalue weighted by atomic mass is 10.1. The van der Waals surface area contributed by atoms with Crippen LogP contribution in [0.1, 0.15) is 18.1 Å². The Labute approximate surface area is 186 Å². The molecule has 0 spiro atoms. The third kappa shape index (κ3) is 4.47. The summed E-state index contributed by atoms with van der Waals surface area (Å²) in [5.74, 6) is 0.963. The number of benzene rings is 3. The first-order chi connectivity index (χ1) is 15.1. The van der Waals surface area contributed by atoms with Crippen molar-refractivity contribution in [1.82, 2.24) is 0 Å². The minimum atomic E-state index is -0.185. The Morgan fingerprint density at radius 1 is 1.00 bits per heavy atom. The van der Waals surface area contributed by atoms with E-state index < -0.39 is 0 Å². The van der Waals surface area contributed by atoms with Crippen LogP contribution < -0.4 is 14.5 Å². The summed E-state index contributed by atoms with van der Waals surface area (Å²) in [7, 11) is 1.59. The molecule has 5 nitrogen and oxygen atoms in total. The third-order valence-electron chi connectivity index (χ3n) is 4.89. The molecule has 1 heterocycles. The predicted octanol–water partition coefficient (Wildman–Crippen LogP) is 5.73. The van der Waals surface area contributed by atoms with Gasteiger partial charge < -0.3 is 9.47 Å². The van der Waals surface area contributed by atoms with Gasteiger partial charge in [-0.3, -0.25) is 4.79 Å². The molecule has 0 aliphatic carbocycles. The lowest BCUT2D eigenvalue weighted by molar-refractivity contribution is -0.114. The molecule has 1 aliphatic heterocycles. The number of carbonyl (C=O) groups excluding carboxylic acids is 1. The van der Waals surface area contributed by atoms with Gasteiger partial charge in [-0.05, 0) is 48.9 Å². The number of carbonyl (C=O) groups is 1. The molecule has 0 saturated carbocycles. The van der Waals surface area contributed by atoms with Gasteiger partial charge in [0.05, 0.1) is 24.1 Å². The van der Waals surface area contributed by atoms with E-state index in [0.29, 0.717) is 34.4 Å². The highest BCUT2D eigenvalue weighted by molar-refractivity contribution is 6.32. The van der Waals surface area contributed by atoms with Crippen LogP contribution in [0.25, 0.3) is 6.08 Å². The van der Waals surface area contributed by atoms with E-state index in [9.17, 15) is 4.79 Å². The van der Waals surface area contributed by atoms with Gasteiger partial charge in [-0.25, -0.2) is 0 Å². The number of para-hydroxylation sites is 2. The molecule has 0 bridgehead atoms. The van der Waals surface area contributed by atoms with Crippen LogP contribution in [0.3, 0.4) is 0 Å². The molecule has 6 heteroatoms. The molecule has 0 N–H and O–H groups in total. The first-order valence-corrected chi connectivity index (χ1v) is 10.2. The fourth-order valence-corrected chi connectivity index (χ4v) is 3.41. The Morgan fingerprint density at radius 3 is 2.45 bits per heavy atom. The zero-order chi connectivity index (χ0) is 21.8. The normalized spacial score (nSPS) is 14.7. The van der Waals surface area contributed by atoms with E-state index in [2.05, 4.69) is 5.10 Å². The average molecular weight is 433 g/mol. The number of nitrogens with zero attached hydrogens (tertiary/aromatic N) is 2. The molecule has 0 unspecified atom stereocenters. The summed E-state index contributed by atoms with van der Waals surface area (Å²) in [4.78, 5) is 13.1. The monoisotopic (exact) mass is 432 g/mol. The van der Waals surface area contributed by atoms with Crippen molar-refractivity contribution in [3.63, 3.8) is 0 Å². The number of hydrogen-bond donors (Lipinski definition) is 0. The largest absolute Gasteiger partial charge is 0.493 e. The molecular formula is C25H21ClN2O3. The minimum absolute atomic E-state index is 0.185. The first-order valence-electron chi connectivity index (χ1n) is 9.78. The Kier molecular flexibility index (Phi) is 6.05. The van der Waals surface area contributed by atoms with Crippen LogP contribution >= 0.6 is 11.6 Å². The van der Waals surface area contributed by atoms with Gasteiger partial charge in [0.25, 0.3) is 5.91 Å². The van der Waals surface area contributed by atoms with Gasteiger partial charge in [-0.1, -0.05) is 54.1 Å². The maximum Gasteiger partial charge on any atom is 0.280 e. The fraction of sp³-hybridized carbons (Fsp3) is 0.120. The summed E-state index contributed by atoms with van der Waals surface area (Å²) in [6.45, 7) is 2.16. The highest BCUT2D eigenvalue weighted by Gasteiger charge is 2.29. The second-order valence-electron chi connectivity index (χ2n) is 6.99. The van der Waals surface area contributed by atoms with Crippen molar-refractivity contribution in [2.75, 3.05) is 12.1 Å². The Balaban J connectivity index is 1.65. The summed E-state index contributed by atoms with van der Waals surface area (Å²) in [6, 6.07) is 22.4. The number of methoxy groups -OCH3 is 1. The van der Waals surface area contributed by atoms with Crippen molar-refractivity contribution < 1.29 is 14.3 Å². The number of ether oxygens (including phenoxy) is 2. The first kappa shape index (κ1) is 20.7. The van der Waals surface area contributed by atoms with E-state index in [0.717, 1.165) is 16.8 Å². The second-order valence-corrected chi connectivity index (χ2v) is 7.43. The van der Waals surface area contributed by atoms with Gasteiger partial charge in [0, 0.05) is 10.6 Å². The summed E-state index contributed by atoms with van der Waals surface area (Å²) in [6.07, 6.45) is 1.80. The van der Waals surface area contributed by atoms with Crippen molar-refractivity contribution in [1.29, 1.82) is 0 Å². The molecule has 0 atom stereocenters. The van der Waals surface area contributed by atoms with Crippen LogP contribution in [0.4, 0.5) is 5.69 Å². The number of rotatable bonds is 6. The van der Waals surface area contributed by atoms with Crippen LogP contribution in [0.5, 0.6) is 11.5 Å². The quantitative estimate of drug-likeness (QED) is 0.467. The highest BCUT2D eigenvalue weighted by Crippen LogP contribution is 2.35. The minimum Gasteiger partial charge on any atom is -0.493 e. The number of anilines is 1. The van der Waals surface area contributed by atoms with Gasteiger partial charge in [-0.15, -0.1) is 0 Å². The maximum absolute atomic E-state index is 13.1. The summed E-state index contributed by atoms with van der Waals surface area (Å²) >= 11 is 5.96. The molecule has 156 valence electrons. The van der Waals surface area contributed by atoms with Crippen molar-refractivity contribution in [2.24, 2.45) is 5.10 Å². The third-order valence-corrected chi connectivity index (χ3v) is 5.14. The molecule has 0 radical (unpaired) electrons. The highest BCUT2D eigenvalue weighted by atomic mass is 35.5. The maximum atomic E-state index is 13.1. The van der Waals surface area contributed by atoms with Gasteiger partial charge in [0.1, 0.15) is 6.61 Å². The molecule has 1 amide bonds. The van der Waals surface area contributed by atoms with Crippen molar-refractivity contribution in [3.8, 4) is 11.5 Å². The molecule has 3 aromatic carbocycles. The van der Waals surface area contributed by atoms with Crippen molar-refractivity contribution >= 4 is 35.0 Å². The van der Waals surface area contributed by atoms with Gasteiger partial charge in [0.2, 0.25) is 0 Å². The predicted molar refractivity (Wildman–Crippen MR) is 124 cm³/mol. The van der Waals surface area contributed by atoms with E-state index in [1.54, 1.807) is 13.2 Å². The number of hydrogen-bond acceptors (Lipinski definition) is 4. The summed E-state index contributed by atoms with van der Waals surface area (Å²) < 4.78 is 11.6. The van der Waals surface area contributed by atoms with Crippen molar-refractivity contribution in [2.45, 2.75) is 13.5 Å². The fourth-order valence-electron chi connectivity index (χ4n) is 3.28. The Hall–Kier alpha value is -3.57. The van der Waals surface area contributed by atoms with Crippen LogP contribution in [0.15, 0.2) is 83.5 Å². The molecule has 0 saturated heterocycles. The van der Waals surface area contributed by atoms with Gasteiger partial charge in [-0.2, -0.15) is 10.1 Å². The van der Waals surface area contributed by atoms with Gasteiger partial charge >= 0.3 is 0 Å². The molecule has 1 aliphatic rings. The number of halogens is 1. The lowest BCUT2D eigenvalue weighted by Gasteiger charge is -2.14. The number of amides is 1. The van der Waals surface area contributed by atoms with Crippen LogP contribution in [-0.4, -0.2) is 18.7 Å². The molecular weight excluding hydrogens is 412 g/mol. The number of hydrazone groups is 1. The molecule has 3 aromatic rings. The smallest absolute Gasteiger partial charge is 0.280 e. The standard InChI is InChI=1S/C25H21ClN2O3/c1-17-22(25(29)28(27-17)21-8-4-3-5-9-21)15-19-7-6-10-23(30-2)24(19)31-16-18-11-13-20(26)14-12-18/h3-15H,16H2,1-2H3. The molecule has 0 fully saturated rings. The summed E-state index contributed by atoms with van der Waals surface area (Å²) in [5.41, 5.74) is 3.58. The molecule has 4 rings (SSSR count). The van der Waals surface area contributed by atoms with E-state index in [4.69, 9.17) is 21.1 Å². The van der Waals surface area contributed by atoms with E-state index in [1.807, 2.05) is 79.7 Å². The lowest BCUT2D eigenvalue weighted by Crippen LogP contribution is -2.21. The SMILES string of the molecule is COc1cccc(C=C2C(=O)N(c3ccccc3)N=C2C)c1OCc1ccc(Cl)cc1. The molecule has 0 aromatic heterocycles. The second kappa shape index (κ2) is 9.06. The van der Waals surface area contributed by atoms with Gasteiger partial charge in [0.15, 0.2) is 11.5 Å². The van der Waals surface area contributed by atoms with Crippen molar-refractivity contribution in [3.05, 3.63) is 94.5 Å². The van der Waals surface area contributed by atoms with E-state index >= 15 is 0 Å². The topological polar surface area (TPSA) is 51.1 Å². The van der Waals surface area contributed by atoms with Crippen LogP contribution in [-0.2, 0) is 11.4 Å². The Bertz CT molecular complexity index is 1160. The van der Waals surface area contributed by atoms with E-state index in [-0.39, 0.29) is 5.91 Å². The molecule has 31 heavy (non-hydrogen) atoms. The zero-order valence-electron chi connectivity index (χ0n) is 17.2. The van der Waals surface area contributed by atoms with E-state index in [1.165, 1.54) is 5.01 Å². The van der Waals surface area contributed by atoms with Crippen LogP contribution in [0, 0.1) is 0 Å². The Morgan fingerprint density at radius 2 is 1.74 bits per heavy atom. The van der Waals surface area contributed by atoms with Crippen LogP contribution in [0.2, 0.25) is 5.02 Å². The summed E-state index contributed by atoms with van der Waals surface area (Å²) in [5, 5.41) is 6.52. The zero-order valence-corrected chi connectivity index (χ0v) is 18.0.